The van der Waals surface area contributed by atoms with Gasteiger partial charge in [-0.1, -0.05) is 25.7 Å². The summed E-state index contributed by atoms with van der Waals surface area (Å²) in [4.78, 5) is 0. The van der Waals surface area contributed by atoms with Gasteiger partial charge in [0.25, 0.3) is 0 Å². The van der Waals surface area contributed by atoms with Gasteiger partial charge in [0.15, 0.2) is 0 Å². The minimum absolute atomic E-state index is 0.457. The summed E-state index contributed by atoms with van der Waals surface area (Å²) >= 11 is 0. The van der Waals surface area contributed by atoms with E-state index >= 15 is 0 Å². The van der Waals surface area contributed by atoms with E-state index in [1.54, 1.807) is 0 Å². The van der Waals surface area contributed by atoms with Gasteiger partial charge in [0.1, 0.15) is 0 Å². The Morgan fingerprint density at radius 1 is 1.07 bits per heavy atom. The molecule has 1 nitrogen and oxygen atoms in total. The largest absolute Gasteiger partial charge is 0.309 e. The van der Waals surface area contributed by atoms with Crippen molar-refractivity contribution in [3.8, 4) is 0 Å². The van der Waals surface area contributed by atoms with Crippen LogP contribution in [0.4, 0.5) is 0 Å². The van der Waals surface area contributed by atoms with Gasteiger partial charge in [-0.25, -0.2) is 0 Å². The maximum atomic E-state index is 3.90. The van der Waals surface area contributed by atoms with Crippen molar-refractivity contribution in [3.63, 3.8) is 0 Å². The summed E-state index contributed by atoms with van der Waals surface area (Å²) in [6.07, 6.45) is 11.5. The summed E-state index contributed by atoms with van der Waals surface area (Å²) < 4.78 is 0. The second kappa shape index (κ2) is 4.22. The van der Waals surface area contributed by atoms with E-state index in [-0.39, 0.29) is 0 Å². The Morgan fingerprint density at radius 3 is 2.14 bits per heavy atom. The minimum Gasteiger partial charge on any atom is -0.309 e. The first kappa shape index (κ1) is 10.5. The molecule has 0 aromatic rings. The fraction of sp³-hybridized carbons (Fsp3) is 1.00. The zero-order valence-electron chi connectivity index (χ0n) is 9.81. The third kappa shape index (κ3) is 2.73. The highest BCUT2D eigenvalue weighted by molar-refractivity contribution is 4.92. The van der Waals surface area contributed by atoms with Gasteiger partial charge >= 0.3 is 0 Å². The van der Waals surface area contributed by atoms with Crippen LogP contribution >= 0.6 is 0 Å². The minimum atomic E-state index is 0.457. The molecule has 1 atom stereocenters. The molecule has 2 saturated carbocycles. The summed E-state index contributed by atoms with van der Waals surface area (Å²) in [6.45, 7) is 4.82. The molecule has 0 amide bonds. The maximum absolute atomic E-state index is 3.90. The first-order valence-corrected chi connectivity index (χ1v) is 6.47. The molecule has 0 spiro atoms. The number of hydrogen-bond donors (Lipinski definition) is 1. The fourth-order valence-electron chi connectivity index (χ4n) is 2.92. The van der Waals surface area contributed by atoms with Crippen LogP contribution in [0.15, 0.2) is 0 Å². The van der Waals surface area contributed by atoms with Crippen molar-refractivity contribution >= 4 is 0 Å². The monoisotopic (exact) mass is 195 g/mol. The molecule has 1 N–H and O–H groups in total. The van der Waals surface area contributed by atoms with E-state index in [2.05, 4.69) is 19.2 Å². The van der Waals surface area contributed by atoms with Crippen molar-refractivity contribution < 1.29 is 0 Å². The van der Waals surface area contributed by atoms with Gasteiger partial charge in [-0.2, -0.15) is 0 Å². The van der Waals surface area contributed by atoms with E-state index in [1.165, 1.54) is 51.4 Å². The van der Waals surface area contributed by atoms with Crippen LogP contribution in [0.1, 0.15) is 65.2 Å². The van der Waals surface area contributed by atoms with Crippen molar-refractivity contribution in [2.24, 2.45) is 5.92 Å². The Morgan fingerprint density at radius 2 is 1.64 bits per heavy atom. The van der Waals surface area contributed by atoms with E-state index in [0.29, 0.717) is 5.54 Å². The lowest BCUT2D eigenvalue weighted by atomic mass is 9.91. The van der Waals surface area contributed by atoms with Crippen molar-refractivity contribution in [2.75, 3.05) is 0 Å². The van der Waals surface area contributed by atoms with Crippen LogP contribution in [-0.2, 0) is 0 Å². The summed E-state index contributed by atoms with van der Waals surface area (Å²) in [5.41, 5.74) is 0.457. The zero-order chi connectivity index (χ0) is 10.0. The van der Waals surface area contributed by atoms with Crippen molar-refractivity contribution in [3.05, 3.63) is 0 Å². The summed E-state index contributed by atoms with van der Waals surface area (Å²) in [5.74, 6) is 0.995. The molecule has 1 unspecified atom stereocenters. The predicted octanol–water partition coefficient (Wildman–Crippen LogP) is 3.49. The molecule has 0 bridgehead atoms. The quantitative estimate of drug-likeness (QED) is 0.680. The van der Waals surface area contributed by atoms with E-state index in [0.717, 1.165) is 12.0 Å². The van der Waals surface area contributed by atoms with Gasteiger partial charge in [0, 0.05) is 11.6 Å². The average Bonchev–Trinajstić information content (AvgIpc) is 2.90. The van der Waals surface area contributed by atoms with Crippen LogP contribution in [0.5, 0.6) is 0 Å². The molecule has 82 valence electrons. The fourth-order valence-corrected chi connectivity index (χ4v) is 2.92. The molecule has 0 radical (unpaired) electrons. The van der Waals surface area contributed by atoms with Gasteiger partial charge in [0.05, 0.1) is 0 Å². The Hall–Kier alpha value is -0.0400. The molecule has 2 aliphatic carbocycles. The third-order valence-electron chi connectivity index (χ3n) is 4.11. The molecule has 0 aromatic carbocycles. The van der Waals surface area contributed by atoms with Gasteiger partial charge in [-0.05, 0) is 45.4 Å². The highest BCUT2D eigenvalue weighted by atomic mass is 15.0. The van der Waals surface area contributed by atoms with E-state index in [4.69, 9.17) is 0 Å². The third-order valence-corrected chi connectivity index (χ3v) is 4.11. The van der Waals surface area contributed by atoms with Crippen LogP contribution in [-0.4, -0.2) is 11.6 Å². The van der Waals surface area contributed by atoms with Crippen molar-refractivity contribution in [2.45, 2.75) is 76.8 Å². The molecule has 2 fully saturated rings. The van der Waals surface area contributed by atoms with Gasteiger partial charge in [-0.15, -0.1) is 0 Å². The molecule has 1 heteroatoms. The Labute approximate surface area is 88.7 Å². The number of nitrogens with one attached hydrogen (secondary N) is 1. The van der Waals surface area contributed by atoms with E-state index < -0.39 is 0 Å². The molecule has 0 heterocycles. The van der Waals surface area contributed by atoms with E-state index in [1.807, 2.05) is 0 Å². The molecular formula is C13H25N. The second-order valence-electron chi connectivity index (χ2n) is 5.75. The van der Waals surface area contributed by atoms with Crippen LogP contribution in [0.2, 0.25) is 0 Å². The summed E-state index contributed by atoms with van der Waals surface area (Å²) in [7, 11) is 0. The highest BCUT2D eigenvalue weighted by Gasteiger charge is 2.33. The molecule has 2 rings (SSSR count). The molecule has 0 aliphatic heterocycles. The lowest BCUT2D eigenvalue weighted by Crippen LogP contribution is -2.47. The topological polar surface area (TPSA) is 12.0 Å². The van der Waals surface area contributed by atoms with Crippen LogP contribution in [0.3, 0.4) is 0 Å². The van der Waals surface area contributed by atoms with Crippen LogP contribution in [0, 0.1) is 5.92 Å². The first-order valence-electron chi connectivity index (χ1n) is 6.47. The van der Waals surface area contributed by atoms with Crippen molar-refractivity contribution in [1.29, 1.82) is 0 Å². The van der Waals surface area contributed by atoms with Gasteiger partial charge in [0.2, 0.25) is 0 Å². The zero-order valence-corrected chi connectivity index (χ0v) is 9.81. The number of rotatable bonds is 3. The lowest BCUT2D eigenvalue weighted by Gasteiger charge is -2.33. The predicted molar refractivity (Wildman–Crippen MR) is 61.4 cm³/mol. The van der Waals surface area contributed by atoms with Crippen LogP contribution < -0.4 is 5.32 Å². The Balaban J connectivity index is 1.85. The molecule has 14 heavy (non-hydrogen) atoms. The smallest absolute Gasteiger partial charge is 0.0155 e. The van der Waals surface area contributed by atoms with Crippen molar-refractivity contribution in [1.82, 2.24) is 5.32 Å². The normalized spacial score (nSPS) is 29.6. The molecular weight excluding hydrogens is 170 g/mol. The summed E-state index contributed by atoms with van der Waals surface area (Å²) in [6, 6.07) is 0.762. The Kier molecular flexibility index (Phi) is 3.16. The second-order valence-corrected chi connectivity index (χ2v) is 5.75. The molecule has 2 aliphatic rings. The van der Waals surface area contributed by atoms with E-state index in [9.17, 15) is 0 Å². The maximum Gasteiger partial charge on any atom is 0.0155 e. The summed E-state index contributed by atoms with van der Waals surface area (Å²) in [5, 5.41) is 3.90. The van der Waals surface area contributed by atoms with Gasteiger partial charge < -0.3 is 5.32 Å². The lowest BCUT2D eigenvalue weighted by molar-refractivity contribution is 0.269. The highest BCUT2D eigenvalue weighted by Crippen LogP contribution is 2.35. The Bertz CT molecular complexity index is 176. The van der Waals surface area contributed by atoms with Gasteiger partial charge in [-0.3, -0.25) is 0 Å². The number of hydrogen-bond acceptors (Lipinski definition) is 1. The average molecular weight is 195 g/mol. The standard InChI is InChI=1S/C13H25N/c1-11(12-7-8-12)14-13(2)9-5-3-4-6-10-13/h11-12,14H,3-10H2,1-2H3. The molecule has 0 saturated heterocycles. The SMILES string of the molecule is CC(NC1(C)CCCCCC1)C1CC1. The molecule has 0 aromatic heterocycles. The first-order chi connectivity index (χ1) is 6.70. The van der Waals surface area contributed by atoms with Crippen LogP contribution in [0.25, 0.3) is 0 Å².